The summed E-state index contributed by atoms with van der Waals surface area (Å²) in [6.07, 6.45) is 9.49. The van der Waals surface area contributed by atoms with E-state index in [0.717, 1.165) is 22.4 Å². The van der Waals surface area contributed by atoms with Gasteiger partial charge in [-0.25, -0.2) is 4.79 Å². The Kier molecular flexibility index (Phi) is 7.33. The SMILES string of the molecule is CC(N)C1CC=C(C(=O)NC2=CC=NCC2)C=C1c1cccc(C(=O)Oc2ccc3c(c2)OC(=O)CC3)c1. The highest BCUT2D eigenvalue weighted by Gasteiger charge is 2.26. The molecule has 194 valence electrons. The number of benzene rings is 2. The lowest BCUT2D eigenvalue weighted by Gasteiger charge is -2.27. The Morgan fingerprint density at radius 3 is 2.82 bits per heavy atom. The second kappa shape index (κ2) is 11.0. The maximum absolute atomic E-state index is 13.0. The smallest absolute Gasteiger partial charge is 0.343 e. The number of amides is 1. The summed E-state index contributed by atoms with van der Waals surface area (Å²) in [5, 5.41) is 2.97. The molecule has 2 atom stereocenters. The van der Waals surface area contributed by atoms with E-state index < -0.39 is 5.97 Å². The van der Waals surface area contributed by atoms with Crippen LogP contribution in [0.4, 0.5) is 0 Å². The number of hydrogen-bond donors (Lipinski definition) is 2. The average Bonchev–Trinajstić information content (AvgIpc) is 2.93. The number of esters is 2. The Labute approximate surface area is 220 Å². The van der Waals surface area contributed by atoms with Crippen LogP contribution in [0, 0.1) is 5.92 Å². The van der Waals surface area contributed by atoms with Crippen molar-refractivity contribution in [2.75, 3.05) is 6.54 Å². The summed E-state index contributed by atoms with van der Waals surface area (Å²) in [5.41, 5.74) is 10.6. The van der Waals surface area contributed by atoms with E-state index in [1.165, 1.54) is 0 Å². The molecular formula is C30H29N3O5. The molecule has 0 saturated carbocycles. The van der Waals surface area contributed by atoms with E-state index in [0.29, 0.717) is 54.9 Å². The third-order valence-corrected chi connectivity index (χ3v) is 6.87. The van der Waals surface area contributed by atoms with Gasteiger partial charge in [-0.15, -0.1) is 0 Å². The van der Waals surface area contributed by atoms with Crippen molar-refractivity contribution in [1.29, 1.82) is 0 Å². The number of carbonyl (C=O) groups is 3. The third-order valence-electron chi connectivity index (χ3n) is 6.87. The van der Waals surface area contributed by atoms with Crippen molar-refractivity contribution in [2.24, 2.45) is 16.6 Å². The Bertz CT molecular complexity index is 1420. The second-order valence-electron chi connectivity index (χ2n) is 9.63. The van der Waals surface area contributed by atoms with Gasteiger partial charge >= 0.3 is 11.9 Å². The molecule has 0 aromatic heterocycles. The van der Waals surface area contributed by atoms with Gasteiger partial charge in [0.15, 0.2) is 0 Å². The number of ether oxygens (including phenoxy) is 2. The van der Waals surface area contributed by atoms with Gasteiger partial charge in [-0.1, -0.05) is 24.3 Å². The minimum Gasteiger partial charge on any atom is -0.426 e. The number of hydrogen-bond acceptors (Lipinski definition) is 7. The molecule has 0 spiro atoms. The van der Waals surface area contributed by atoms with Crippen LogP contribution in [0.15, 0.2) is 77.0 Å². The second-order valence-corrected chi connectivity index (χ2v) is 9.63. The molecule has 0 saturated heterocycles. The molecule has 2 aromatic rings. The van der Waals surface area contributed by atoms with Crippen molar-refractivity contribution in [3.05, 3.63) is 88.7 Å². The van der Waals surface area contributed by atoms with Crippen molar-refractivity contribution < 1.29 is 23.9 Å². The Hall–Kier alpha value is -4.30. The van der Waals surface area contributed by atoms with Crippen molar-refractivity contribution in [3.63, 3.8) is 0 Å². The number of dihydropyridines is 1. The fraction of sp³-hybridized carbons (Fsp3) is 0.267. The summed E-state index contributed by atoms with van der Waals surface area (Å²) in [6.45, 7) is 2.59. The maximum atomic E-state index is 13.0. The van der Waals surface area contributed by atoms with Gasteiger partial charge in [0.05, 0.1) is 12.0 Å². The molecule has 8 nitrogen and oxygen atoms in total. The lowest BCUT2D eigenvalue weighted by atomic mass is 9.80. The molecule has 0 radical (unpaired) electrons. The molecule has 3 aliphatic rings. The van der Waals surface area contributed by atoms with Gasteiger partial charge in [0.2, 0.25) is 0 Å². The first-order valence-corrected chi connectivity index (χ1v) is 12.7. The lowest BCUT2D eigenvalue weighted by molar-refractivity contribution is -0.135. The van der Waals surface area contributed by atoms with E-state index in [2.05, 4.69) is 10.3 Å². The Morgan fingerprint density at radius 1 is 1.16 bits per heavy atom. The van der Waals surface area contributed by atoms with Crippen molar-refractivity contribution in [1.82, 2.24) is 5.32 Å². The molecule has 1 amide bonds. The third kappa shape index (κ3) is 5.65. The van der Waals surface area contributed by atoms with E-state index in [-0.39, 0.29) is 23.8 Å². The van der Waals surface area contributed by atoms with Crippen LogP contribution in [-0.2, 0) is 16.0 Å². The first-order chi connectivity index (χ1) is 18.4. The summed E-state index contributed by atoms with van der Waals surface area (Å²) >= 11 is 0. The highest BCUT2D eigenvalue weighted by Crippen LogP contribution is 2.35. The largest absolute Gasteiger partial charge is 0.426 e. The van der Waals surface area contributed by atoms with Crippen LogP contribution < -0.4 is 20.5 Å². The molecule has 2 heterocycles. The van der Waals surface area contributed by atoms with Gasteiger partial charge in [-0.3, -0.25) is 14.6 Å². The molecule has 3 N–H and O–H groups in total. The number of carbonyl (C=O) groups excluding carboxylic acids is 3. The van der Waals surface area contributed by atoms with Crippen LogP contribution in [0.2, 0.25) is 0 Å². The standard InChI is InChI=1S/C30H29N3O5/c1-18(31)25-9-6-21(29(35)33-23-11-13-32-14-12-23)16-26(25)20-3-2-4-22(15-20)30(36)37-24-8-5-19-7-10-28(34)38-27(19)17-24/h2-6,8,11,13,15-18,25H,7,9-10,12,14,31H2,1H3,(H,33,35). The normalized spacial score (nSPS) is 19.3. The number of nitrogens with zero attached hydrogens (tertiary/aromatic N) is 1. The van der Waals surface area contributed by atoms with Gasteiger partial charge in [0, 0.05) is 48.5 Å². The zero-order valence-electron chi connectivity index (χ0n) is 21.1. The predicted octanol–water partition coefficient (Wildman–Crippen LogP) is 3.91. The number of rotatable bonds is 6. The zero-order valence-corrected chi connectivity index (χ0v) is 21.1. The molecule has 38 heavy (non-hydrogen) atoms. The number of fused-ring (bicyclic) bond motifs is 1. The highest BCUT2D eigenvalue weighted by molar-refractivity contribution is 6.00. The average molecular weight is 512 g/mol. The number of nitrogens with one attached hydrogen (secondary N) is 1. The van der Waals surface area contributed by atoms with E-state index in [1.807, 2.05) is 31.2 Å². The van der Waals surface area contributed by atoms with Gasteiger partial charge in [-0.05, 0) is 66.8 Å². The molecule has 0 bridgehead atoms. The van der Waals surface area contributed by atoms with E-state index in [1.54, 1.807) is 42.6 Å². The van der Waals surface area contributed by atoms with Crippen LogP contribution in [0.3, 0.4) is 0 Å². The Morgan fingerprint density at radius 2 is 2.03 bits per heavy atom. The number of nitrogens with two attached hydrogens (primary N) is 1. The molecular weight excluding hydrogens is 482 g/mol. The maximum Gasteiger partial charge on any atom is 0.343 e. The molecule has 8 heteroatoms. The quantitative estimate of drug-likeness (QED) is 0.448. The van der Waals surface area contributed by atoms with Gasteiger partial charge in [0.1, 0.15) is 11.5 Å². The first-order valence-electron chi connectivity index (χ1n) is 12.7. The van der Waals surface area contributed by atoms with Crippen molar-refractivity contribution >= 4 is 29.6 Å². The van der Waals surface area contributed by atoms with E-state index >= 15 is 0 Å². The first kappa shape index (κ1) is 25.4. The molecule has 1 aliphatic carbocycles. The minimum atomic E-state index is -0.540. The van der Waals surface area contributed by atoms with Gasteiger partial charge < -0.3 is 20.5 Å². The Balaban J connectivity index is 1.37. The summed E-state index contributed by atoms with van der Waals surface area (Å²) < 4.78 is 10.9. The van der Waals surface area contributed by atoms with E-state index in [9.17, 15) is 14.4 Å². The zero-order chi connectivity index (χ0) is 26.6. The number of allylic oxidation sites excluding steroid dienone is 2. The predicted molar refractivity (Wildman–Crippen MR) is 144 cm³/mol. The number of aliphatic imine (C=N–C) groups is 1. The van der Waals surface area contributed by atoms with Gasteiger partial charge in [-0.2, -0.15) is 0 Å². The molecule has 5 rings (SSSR count). The van der Waals surface area contributed by atoms with Crippen LogP contribution in [-0.4, -0.2) is 36.6 Å². The summed E-state index contributed by atoms with van der Waals surface area (Å²) in [7, 11) is 0. The molecule has 2 aromatic carbocycles. The van der Waals surface area contributed by atoms with Crippen LogP contribution in [0.5, 0.6) is 11.5 Å². The van der Waals surface area contributed by atoms with Crippen LogP contribution in [0.1, 0.15) is 47.7 Å². The molecule has 2 unspecified atom stereocenters. The van der Waals surface area contributed by atoms with Crippen LogP contribution in [0.25, 0.3) is 5.57 Å². The van der Waals surface area contributed by atoms with E-state index in [4.69, 9.17) is 15.2 Å². The van der Waals surface area contributed by atoms with Gasteiger partial charge in [0.25, 0.3) is 5.91 Å². The monoisotopic (exact) mass is 511 g/mol. The molecule has 2 aliphatic heterocycles. The number of aryl methyl sites for hydroxylation is 1. The minimum absolute atomic E-state index is 0.0193. The van der Waals surface area contributed by atoms with Crippen molar-refractivity contribution in [3.8, 4) is 11.5 Å². The van der Waals surface area contributed by atoms with Crippen molar-refractivity contribution in [2.45, 2.75) is 38.6 Å². The topological polar surface area (TPSA) is 120 Å². The summed E-state index contributed by atoms with van der Waals surface area (Å²) in [4.78, 5) is 41.8. The van der Waals surface area contributed by atoms with Crippen LogP contribution >= 0.6 is 0 Å². The fourth-order valence-electron chi connectivity index (χ4n) is 4.78. The highest BCUT2D eigenvalue weighted by atomic mass is 16.5. The molecule has 0 fully saturated rings. The summed E-state index contributed by atoms with van der Waals surface area (Å²) in [5.74, 6) is -0.332. The lowest BCUT2D eigenvalue weighted by Crippen LogP contribution is -2.31. The fourth-order valence-corrected chi connectivity index (χ4v) is 4.78. The summed E-state index contributed by atoms with van der Waals surface area (Å²) in [6, 6.07) is 12.0.